The highest BCUT2D eigenvalue weighted by molar-refractivity contribution is 5.48. The Morgan fingerprint density at radius 1 is 0.320 bits per heavy atom. The molecule has 6 N–H and O–H groups in total. The second-order valence-corrected chi connectivity index (χ2v) is 13.9. The van der Waals surface area contributed by atoms with Crippen molar-refractivity contribution in [2.24, 2.45) is 0 Å². The number of aliphatic hydroxyl groups is 6. The molecule has 0 aliphatic rings. The van der Waals surface area contributed by atoms with Gasteiger partial charge in [-0.25, -0.2) is 28.4 Å². The fraction of sp³-hybridized carbons (Fsp3) is 0.900. The summed E-state index contributed by atoms with van der Waals surface area (Å²) in [5, 5.41) is 58.4. The van der Waals surface area contributed by atoms with Crippen LogP contribution in [0.2, 0.25) is 0 Å². The summed E-state index contributed by atoms with van der Waals surface area (Å²) in [6, 6.07) is -5.24. The Bertz CT molecular complexity index is 1930. The number of aromatic nitrogens is 3. The summed E-state index contributed by atoms with van der Waals surface area (Å²) in [6.45, 7) is -8.29. The normalized spacial score (nSPS) is 15.0. The van der Waals surface area contributed by atoms with Crippen LogP contribution in [-0.2, 0) is 28.4 Å². The number of alkyl halides is 27. The first-order valence-electron chi connectivity index (χ1n) is 18.9. The van der Waals surface area contributed by atoms with E-state index in [1.54, 1.807) is 4.74 Å². The summed E-state index contributed by atoms with van der Waals surface area (Å²) >= 11 is 0. The van der Waals surface area contributed by atoms with Crippen LogP contribution in [0.4, 0.5) is 136 Å². The van der Waals surface area contributed by atoms with Crippen LogP contribution in [0.1, 0.15) is 13.8 Å². The quantitative estimate of drug-likeness (QED) is 0.0500. The van der Waals surface area contributed by atoms with Crippen LogP contribution in [0.3, 0.4) is 0 Å². The van der Waals surface area contributed by atoms with Gasteiger partial charge in [0.25, 0.3) is 0 Å². The van der Waals surface area contributed by atoms with Gasteiger partial charge in [0.15, 0.2) is 0 Å². The van der Waals surface area contributed by atoms with Crippen LogP contribution in [0, 0.1) is 0 Å². The zero-order valence-corrected chi connectivity index (χ0v) is 36.1. The molecule has 0 amide bonds. The third-order valence-corrected chi connectivity index (χ3v) is 8.58. The number of anilines is 3. The van der Waals surface area contributed by atoms with E-state index in [2.05, 4.69) is 19.7 Å². The third-order valence-electron chi connectivity index (χ3n) is 8.58. The average molecular weight is 1180 g/mol. The molecule has 45 heteroatoms. The fourth-order valence-electron chi connectivity index (χ4n) is 4.86. The molecule has 0 saturated heterocycles. The number of hydrogen-bond acceptors (Lipinski definition) is 18. The van der Waals surface area contributed by atoms with E-state index in [4.69, 9.17) is 0 Å². The van der Waals surface area contributed by atoms with E-state index in [9.17, 15) is 140 Å². The summed E-state index contributed by atoms with van der Waals surface area (Å²) in [7, 11) is 0. The SMILES string of the molecule is CCN(c1nc(N(CC)C(CO)CO)nc(N(CC(F)(F)OC(F)(F)C(F)(F)OC(F)(F)C(F)(F)OC(F)(F)C(F)(F)OC(F)(F)C(F)(F)OC(F)(F)C(F)(F)OC(F)(F)C(F)(F)F)C(CO)CO)n1)C(CO)CO. The highest BCUT2D eigenvalue weighted by Gasteiger charge is 2.81. The minimum atomic E-state index is -8.38. The maximum atomic E-state index is 15.3. The first-order chi connectivity index (χ1) is 33.4. The van der Waals surface area contributed by atoms with Gasteiger partial charge in [0.2, 0.25) is 17.8 Å². The van der Waals surface area contributed by atoms with Crippen molar-refractivity contribution in [3.8, 4) is 0 Å². The topological polar surface area (TPSA) is 225 Å². The van der Waals surface area contributed by atoms with Gasteiger partial charge in [0.1, 0.15) is 6.54 Å². The second-order valence-electron chi connectivity index (χ2n) is 13.9. The lowest BCUT2D eigenvalue weighted by atomic mass is 10.2. The van der Waals surface area contributed by atoms with Crippen LogP contribution >= 0.6 is 0 Å². The van der Waals surface area contributed by atoms with E-state index in [0.717, 1.165) is 9.80 Å². The first kappa shape index (κ1) is 69.1. The van der Waals surface area contributed by atoms with Crippen LogP contribution in [0.15, 0.2) is 0 Å². The van der Waals surface area contributed by atoms with E-state index in [1.165, 1.54) is 32.8 Å². The van der Waals surface area contributed by atoms with Crippen LogP contribution in [0.25, 0.3) is 0 Å². The molecular formula is C30H33F27N6O12. The summed E-state index contributed by atoms with van der Waals surface area (Å²) < 4.78 is 379. The minimum Gasteiger partial charge on any atom is -0.394 e. The standard InChI is InChI=1S/C30H33F27N6O12/c1-3-61(12(5-64)6-65)15-58-16(62(4-2)13(7-66)8-67)60-17(59-15)63(14(9-68)10-69)11-18(31,32)70-21(38,39)22(40,41)72-25(46,47)26(48,49)74-29(54,55)30(56,57)75-28(52,53)27(50,51)73-24(44,45)23(42,43)71-20(36,37)19(33,34)35/h12-14,64-69H,3-11H2,1-2H3. The molecule has 75 heavy (non-hydrogen) atoms. The summed E-state index contributed by atoms with van der Waals surface area (Å²) in [5.41, 5.74) is 0. The van der Waals surface area contributed by atoms with Crippen molar-refractivity contribution in [3.63, 3.8) is 0 Å². The zero-order chi connectivity index (χ0) is 59.4. The molecule has 0 aromatic carbocycles. The molecule has 1 heterocycles. The van der Waals surface area contributed by atoms with Crippen molar-refractivity contribution in [1.29, 1.82) is 0 Å². The van der Waals surface area contributed by atoms with Gasteiger partial charge in [-0.1, -0.05) is 0 Å². The Balaban J connectivity index is 3.67. The zero-order valence-electron chi connectivity index (χ0n) is 36.1. The number of nitrogens with zero attached hydrogens (tertiary/aromatic N) is 6. The molecule has 0 unspecified atom stereocenters. The number of rotatable bonds is 33. The van der Waals surface area contributed by atoms with Gasteiger partial charge in [-0.15, -0.1) is 0 Å². The molecule has 0 saturated carbocycles. The summed E-state index contributed by atoms with van der Waals surface area (Å²) in [5.74, 6) is -3.09. The molecule has 1 aromatic rings. The second kappa shape index (κ2) is 23.6. The number of hydrogen-bond donors (Lipinski definition) is 6. The van der Waals surface area contributed by atoms with E-state index >= 15 is 8.78 Å². The number of likely N-dealkylation sites (N-methyl/N-ethyl adjacent to an activating group) is 2. The van der Waals surface area contributed by atoms with Crippen molar-refractivity contribution in [2.75, 3.05) is 74.0 Å². The molecule has 0 radical (unpaired) electrons. The Labute approximate surface area is 396 Å². The first-order valence-corrected chi connectivity index (χ1v) is 18.9. The van der Waals surface area contributed by atoms with E-state index in [-0.39, 0.29) is 18.0 Å². The molecule has 0 aliphatic carbocycles. The summed E-state index contributed by atoms with van der Waals surface area (Å²) in [6.07, 6.45) is -103. The van der Waals surface area contributed by atoms with Crippen molar-refractivity contribution in [3.05, 3.63) is 0 Å². The molecule has 0 atom stereocenters. The van der Waals surface area contributed by atoms with Crippen molar-refractivity contribution in [2.45, 2.75) is 111 Å². The molecule has 1 rings (SSSR count). The Morgan fingerprint density at radius 3 is 0.707 bits per heavy atom. The Morgan fingerprint density at radius 2 is 0.507 bits per heavy atom. The fourth-order valence-corrected chi connectivity index (χ4v) is 4.86. The lowest BCUT2D eigenvalue weighted by molar-refractivity contribution is -0.595. The van der Waals surface area contributed by atoms with E-state index in [0.29, 0.717) is 0 Å². The maximum Gasteiger partial charge on any atom is 0.483 e. The summed E-state index contributed by atoms with van der Waals surface area (Å²) in [4.78, 5) is 12.6. The molecule has 0 bridgehead atoms. The Hall–Kier alpha value is -3.96. The molecule has 0 spiro atoms. The predicted octanol–water partition coefficient (Wildman–Crippen LogP) is 5.17. The van der Waals surface area contributed by atoms with Crippen LogP contribution in [-0.4, -0.2) is 202 Å². The van der Waals surface area contributed by atoms with Crippen molar-refractivity contribution < 1.29 is 178 Å². The molecule has 0 aliphatic heterocycles. The molecular weight excluding hydrogens is 1150 g/mol. The third kappa shape index (κ3) is 15.8. The van der Waals surface area contributed by atoms with Gasteiger partial charge >= 0.3 is 79.5 Å². The molecule has 18 nitrogen and oxygen atoms in total. The van der Waals surface area contributed by atoms with Crippen molar-refractivity contribution in [1.82, 2.24) is 15.0 Å². The number of halogens is 27. The minimum absolute atomic E-state index is 0.340. The van der Waals surface area contributed by atoms with Gasteiger partial charge in [0.05, 0.1) is 57.8 Å². The van der Waals surface area contributed by atoms with E-state index < -0.39 is 162 Å². The average Bonchev–Trinajstić information content (AvgIpc) is 3.21. The largest absolute Gasteiger partial charge is 0.483 e. The maximum absolute atomic E-state index is 15.3. The van der Waals surface area contributed by atoms with Gasteiger partial charge in [-0.2, -0.15) is 133 Å². The van der Waals surface area contributed by atoms with Gasteiger partial charge in [-0.3, -0.25) is 0 Å². The lowest BCUT2D eigenvalue weighted by Crippen LogP contribution is -2.62. The van der Waals surface area contributed by atoms with E-state index in [1.807, 2.05) is 0 Å². The van der Waals surface area contributed by atoms with Crippen LogP contribution in [0.5, 0.6) is 0 Å². The number of aliphatic hydroxyl groups excluding tert-OH is 6. The lowest BCUT2D eigenvalue weighted by Gasteiger charge is -2.37. The molecule has 1 aromatic heterocycles. The van der Waals surface area contributed by atoms with Crippen molar-refractivity contribution >= 4 is 17.8 Å². The predicted molar refractivity (Wildman–Crippen MR) is 179 cm³/mol. The highest BCUT2D eigenvalue weighted by atomic mass is 19.4. The Kier molecular flexibility index (Phi) is 21.7. The number of ether oxygens (including phenoxy) is 6. The monoisotopic (exact) mass is 1180 g/mol. The smallest absolute Gasteiger partial charge is 0.394 e. The highest BCUT2D eigenvalue weighted by Crippen LogP contribution is 2.54. The van der Waals surface area contributed by atoms with Gasteiger partial charge < -0.3 is 45.3 Å². The molecule has 0 fully saturated rings. The van der Waals surface area contributed by atoms with Crippen LogP contribution < -0.4 is 14.7 Å². The molecule has 444 valence electrons. The van der Waals surface area contributed by atoms with Gasteiger partial charge in [-0.05, 0) is 13.8 Å². The van der Waals surface area contributed by atoms with Gasteiger partial charge in [0, 0.05) is 13.1 Å².